The number of H-pyrrole nitrogens is 1. The molecule has 20 atom stereocenters. The minimum absolute atomic E-state index is 0.0746. The Labute approximate surface area is 794 Å². The summed E-state index contributed by atoms with van der Waals surface area (Å²) in [6, 6.07) is -29.3. The van der Waals surface area contributed by atoms with E-state index >= 15 is 0 Å². The molecule has 2 aliphatic heterocycles. The molecule has 1 aromatic heterocycles. The number of rotatable bonds is 61. The van der Waals surface area contributed by atoms with Gasteiger partial charge in [0.1, 0.15) is 90.6 Å². The third-order valence-corrected chi connectivity index (χ3v) is 21.3. The molecule has 2 fully saturated rings. The molecule has 58 nitrogen and oxygen atoms in total. The number of aromatic amines is 1. The van der Waals surface area contributed by atoms with Gasteiger partial charge in [-0.15, -0.1) is 0 Å². The first-order valence-corrected chi connectivity index (χ1v) is 44.2. The Balaban J connectivity index is 1.69. The Morgan fingerprint density at radius 3 is 1.23 bits per heavy atom. The number of aromatic nitrogens is 2. The molecule has 23 amide bonds. The van der Waals surface area contributed by atoms with E-state index in [1.807, 2.05) is 5.32 Å². The minimum Gasteiger partial charge on any atom is -0.481 e. The van der Waals surface area contributed by atoms with Crippen LogP contribution in [-0.2, 0) is 126 Å². The molecule has 0 spiro atoms. The van der Waals surface area contributed by atoms with Crippen molar-refractivity contribution in [3.8, 4) is 0 Å². The van der Waals surface area contributed by atoms with Gasteiger partial charge in [0.25, 0.3) is 0 Å². The highest BCUT2D eigenvalue weighted by Crippen LogP contribution is 2.22. The number of carboxylic acids is 2. The van der Waals surface area contributed by atoms with E-state index in [9.17, 15) is 156 Å². The first-order chi connectivity index (χ1) is 65.0. The van der Waals surface area contributed by atoms with E-state index < -0.39 is 359 Å². The number of nitrogens with one attached hydrogen (secondary N) is 18. The van der Waals surface area contributed by atoms with Crippen LogP contribution in [0.5, 0.6) is 0 Å². The quantitative estimate of drug-likeness (QED) is 0.0288. The van der Waals surface area contributed by atoms with Gasteiger partial charge in [0, 0.05) is 45.0 Å². The van der Waals surface area contributed by atoms with Crippen LogP contribution in [0.4, 0.5) is 0 Å². The molecule has 0 aromatic carbocycles. The van der Waals surface area contributed by atoms with Gasteiger partial charge in [-0.3, -0.25) is 115 Å². The third-order valence-electron chi connectivity index (χ3n) is 21.3. The fourth-order valence-electron chi connectivity index (χ4n) is 13.9. The van der Waals surface area contributed by atoms with Gasteiger partial charge in [0.2, 0.25) is 136 Å². The number of hydrogen-bond acceptors (Lipinski definition) is 32. The maximum Gasteiger partial charge on any atom is 0.328 e. The Morgan fingerprint density at radius 1 is 0.396 bits per heavy atom. The Kier molecular flexibility index (Phi) is 49.9. The molecule has 2 aliphatic rings. The smallest absolute Gasteiger partial charge is 0.328 e. The molecule has 35 N–H and O–H groups in total. The zero-order chi connectivity index (χ0) is 105. The summed E-state index contributed by atoms with van der Waals surface area (Å²) in [5.74, 6) is -29.7. The number of hydrogen-bond donors (Lipinski definition) is 30. The fourth-order valence-corrected chi connectivity index (χ4v) is 13.9. The van der Waals surface area contributed by atoms with E-state index in [1.54, 1.807) is 33.9 Å². The predicted octanol–water partition coefficient (Wildman–Crippen LogP) is -16.1. The van der Waals surface area contributed by atoms with Gasteiger partial charge in [-0.2, -0.15) is 0 Å². The molecular formula is C81H130N26O32. The Bertz CT molecular complexity index is 4560. The van der Waals surface area contributed by atoms with Crippen molar-refractivity contribution >= 4 is 148 Å². The van der Waals surface area contributed by atoms with Crippen LogP contribution in [0.1, 0.15) is 158 Å². The van der Waals surface area contributed by atoms with Crippen molar-refractivity contribution in [2.45, 2.75) is 280 Å². The number of nitrogens with zero attached hydrogens (tertiary/aromatic N) is 3. The maximum absolute atomic E-state index is 14.4. The minimum atomic E-state index is -2.05. The summed E-state index contributed by atoms with van der Waals surface area (Å²) in [6.45, 7) is 6.80. The van der Waals surface area contributed by atoms with E-state index in [1.165, 1.54) is 11.2 Å². The van der Waals surface area contributed by atoms with Crippen molar-refractivity contribution < 1.29 is 156 Å². The molecule has 3 heterocycles. The molecule has 0 saturated carbocycles. The number of carboxylic acid groups (broad SMARTS) is 2. The number of aliphatic hydroxyl groups excluding tert-OH is 5. The standard InChI is InChI=1S/C81H130N26O32/c1-34(2)22-46(95-59(118)28-88-76(133)52-12-10-20-106(52)60(119)30-90-67(124)42(82)24-41-27-87-33-91-41)72(129)100-49(26-57(86)116)80(137)107-21-11-13-53(107)77(134)99-48(25-56(85)115)71(128)93-37(6)66(123)101-51(32-109)75(132)103-62(38(7)110)78(135)89-29-58(117)94-43(14-17-54(83)113)69(126)96-45(16-19-61(120)121)68(125)92-36(5)65(122)98-47(23-35(3)4)73(130)102-50(31-108)74(131)97-44(15-18-55(84)114)70(127)104-63(39(8)111)79(136)105-64(40(9)112)81(138)139/h27,33-40,42-53,62-64,108-112H,10-26,28-32,82H2,1-9H3,(H2,83,113)(H2,84,114)(H2,85,115)(H2,86,116)(H,87,91)(H,88,133)(H,89,135)(H,90,124)(H,92,125)(H,93,128)(H,94,117)(H,95,118)(H,96,126)(H,97,131)(H,98,122)(H,99,134)(H,100,129)(H,101,123)(H,102,130)(H,103,132)(H,104,127)(H,105,136)(H,120,121)(H,138,139)/t36-,37-,38+,39+,40+,42-,43-,44-,45-,46-,47-,48-,49-,50-,51-,52-,53-,62-,63-,64-/m0/s1. The van der Waals surface area contributed by atoms with Gasteiger partial charge in [-0.25, -0.2) is 9.78 Å². The average molecular weight is 1980 g/mol. The summed E-state index contributed by atoms with van der Waals surface area (Å²) in [5.41, 5.74) is 28.0. The lowest BCUT2D eigenvalue weighted by molar-refractivity contribution is -0.146. The van der Waals surface area contributed by atoms with Crippen LogP contribution < -0.4 is 119 Å². The van der Waals surface area contributed by atoms with Crippen LogP contribution in [-0.4, -0.2) is 370 Å². The topological polar surface area (TPSA) is 938 Å². The predicted molar refractivity (Wildman–Crippen MR) is 474 cm³/mol. The van der Waals surface area contributed by atoms with Crippen LogP contribution in [0.2, 0.25) is 0 Å². The van der Waals surface area contributed by atoms with E-state index in [-0.39, 0.29) is 57.5 Å². The van der Waals surface area contributed by atoms with E-state index in [2.05, 4.69) is 95.0 Å². The molecule has 776 valence electrons. The number of imidazole rings is 1. The van der Waals surface area contributed by atoms with Crippen LogP contribution in [0.3, 0.4) is 0 Å². The van der Waals surface area contributed by atoms with Crippen LogP contribution in [0, 0.1) is 11.8 Å². The molecule has 0 unspecified atom stereocenters. The van der Waals surface area contributed by atoms with Gasteiger partial charge in [-0.05, 0) is 104 Å². The van der Waals surface area contributed by atoms with Gasteiger partial charge in [0.15, 0.2) is 6.04 Å². The molecule has 0 bridgehead atoms. The summed E-state index contributed by atoms with van der Waals surface area (Å²) < 4.78 is 0. The normalized spacial score (nSPS) is 17.2. The average Bonchev–Trinajstić information content (AvgIpc) is 1.72. The lowest BCUT2D eigenvalue weighted by atomic mass is 10.0. The van der Waals surface area contributed by atoms with Crippen molar-refractivity contribution in [2.24, 2.45) is 40.5 Å². The van der Waals surface area contributed by atoms with Crippen LogP contribution >= 0.6 is 0 Å². The second kappa shape index (κ2) is 58.3. The zero-order valence-corrected chi connectivity index (χ0v) is 78.0. The molecule has 139 heavy (non-hydrogen) atoms. The van der Waals surface area contributed by atoms with Gasteiger partial charge < -0.3 is 170 Å². The molecule has 3 rings (SSSR count). The number of nitrogens with two attached hydrogens (primary N) is 5. The highest BCUT2D eigenvalue weighted by Gasteiger charge is 2.44. The van der Waals surface area contributed by atoms with Crippen molar-refractivity contribution in [2.75, 3.05) is 45.9 Å². The first kappa shape index (κ1) is 119. The van der Waals surface area contributed by atoms with Crippen molar-refractivity contribution in [1.29, 1.82) is 0 Å². The van der Waals surface area contributed by atoms with Crippen LogP contribution in [0.15, 0.2) is 12.5 Å². The zero-order valence-electron chi connectivity index (χ0n) is 78.0. The van der Waals surface area contributed by atoms with E-state index in [0.29, 0.717) is 12.1 Å². The second-order valence-corrected chi connectivity index (χ2v) is 34.0. The first-order valence-electron chi connectivity index (χ1n) is 44.2. The molecule has 58 heteroatoms. The largest absolute Gasteiger partial charge is 0.481 e. The summed E-state index contributed by atoms with van der Waals surface area (Å²) >= 11 is 0. The van der Waals surface area contributed by atoms with Crippen LogP contribution in [0.25, 0.3) is 0 Å². The highest BCUT2D eigenvalue weighted by molar-refractivity contribution is 6.03. The number of primary amides is 4. The third kappa shape index (κ3) is 41.3. The number of carbonyl (C=O) groups is 25. The summed E-state index contributed by atoms with van der Waals surface area (Å²) in [5, 5.41) is 108. The lowest BCUT2D eigenvalue weighted by Gasteiger charge is -2.30. The SMILES string of the molecule is CC(C)C[C@H](NC(=O)CNC(=O)[C@@H]1CCCN1C(=O)CNC(=O)[C@@H](N)Cc1c[nH]cn1)C(=O)N[C@@H](CC(N)=O)C(=O)N1CCC[C@H]1C(=O)N[C@@H](CC(N)=O)C(=O)N[C@@H](C)C(=O)N[C@@H](CO)C(=O)N[C@H](C(=O)NCC(=O)N[C@@H](CCC(N)=O)C(=O)N[C@@H](CCC(=O)O)C(=O)N[C@@H](C)C(=O)N[C@@H](CC(C)C)C(=O)N[C@@H](CO)C(=O)N[C@@H](CCC(N)=O)C(=O)N[C@H](C(=O)N[C@H](C(=O)O)[C@@H](C)O)[C@@H](C)O)[C@@H](C)O. The fraction of sp³-hybridized carbons (Fsp3) is 0.654. The van der Waals surface area contributed by atoms with Gasteiger partial charge in [0.05, 0.1) is 82.1 Å². The summed E-state index contributed by atoms with van der Waals surface area (Å²) in [7, 11) is 0. The maximum atomic E-state index is 14.4. The number of amides is 23. The number of aliphatic carboxylic acids is 2. The molecule has 0 radical (unpaired) electrons. The monoisotopic (exact) mass is 1980 g/mol. The Morgan fingerprint density at radius 2 is 0.770 bits per heavy atom. The van der Waals surface area contributed by atoms with Gasteiger partial charge in [-0.1, -0.05) is 27.7 Å². The lowest BCUT2D eigenvalue weighted by Crippen LogP contribution is -2.62. The van der Waals surface area contributed by atoms with E-state index in [4.69, 9.17) is 28.7 Å². The van der Waals surface area contributed by atoms with Crippen molar-refractivity contribution in [3.05, 3.63) is 18.2 Å². The number of aliphatic hydroxyl groups is 5. The summed E-state index contributed by atoms with van der Waals surface area (Å²) in [4.78, 5) is 340. The highest BCUT2D eigenvalue weighted by atomic mass is 16.4. The van der Waals surface area contributed by atoms with Crippen molar-refractivity contribution in [1.82, 2.24) is 110 Å². The number of likely N-dealkylation sites (tertiary alicyclic amines) is 2. The molecule has 2 saturated heterocycles. The number of carbonyl (C=O) groups excluding carboxylic acids is 23. The van der Waals surface area contributed by atoms with Crippen molar-refractivity contribution in [3.63, 3.8) is 0 Å². The molecule has 1 aromatic rings. The van der Waals surface area contributed by atoms with Gasteiger partial charge >= 0.3 is 11.9 Å². The Hall–Kier alpha value is -14.3. The molecule has 0 aliphatic carbocycles. The van der Waals surface area contributed by atoms with E-state index in [0.717, 1.165) is 39.5 Å². The molecular weight excluding hydrogens is 1850 g/mol. The summed E-state index contributed by atoms with van der Waals surface area (Å²) in [6.07, 6.45) is -7.89. The second-order valence-electron chi connectivity index (χ2n) is 34.0.